The monoisotopic (exact) mass is 353 g/mol. The van der Waals surface area contributed by atoms with Gasteiger partial charge in [0.1, 0.15) is 11.6 Å². The Morgan fingerprint density at radius 1 is 1.20 bits per heavy atom. The van der Waals surface area contributed by atoms with Gasteiger partial charge in [-0.05, 0) is 37.8 Å². The highest BCUT2D eigenvalue weighted by Crippen LogP contribution is 2.18. The van der Waals surface area contributed by atoms with E-state index >= 15 is 0 Å². The number of halogens is 2. The van der Waals surface area contributed by atoms with E-state index < -0.39 is 17.7 Å². The van der Waals surface area contributed by atoms with Gasteiger partial charge in [0, 0.05) is 31.1 Å². The van der Waals surface area contributed by atoms with E-state index in [2.05, 4.69) is 10.6 Å². The van der Waals surface area contributed by atoms with Gasteiger partial charge < -0.3 is 15.5 Å². The topological polar surface area (TPSA) is 61.4 Å². The molecule has 1 saturated heterocycles. The molecule has 0 radical (unpaired) electrons. The molecule has 1 fully saturated rings. The Hall–Kier alpha value is -2.18. The third-order valence-corrected chi connectivity index (χ3v) is 4.65. The zero-order valence-electron chi connectivity index (χ0n) is 14.6. The normalized spacial score (nSPS) is 15.3. The summed E-state index contributed by atoms with van der Waals surface area (Å²) < 4.78 is 26.7. The lowest BCUT2D eigenvalue weighted by Crippen LogP contribution is -2.48. The lowest BCUT2D eigenvalue weighted by Gasteiger charge is -2.34. The summed E-state index contributed by atoms with van der Waals surface area (Å²) in [6.45, 7) is 5.20. The van der Waals surface area contributed by atoms with Crippen LogP contribution in [0.1, 0.15) is 39.5 Å². The van der Waals surface area contributed by atoms with Crippen molar-refractivity contribution in [3.05, 3.63) is 29.8 Å². The Labute approximate surface area is 146 Å². The summed E-state index contributed by atoms with van der Waals surface area (Å²) in [5, 5.41) is 5.08. The Morgan fingerprint density at radius 2 is 1.84 bits per heavy atom. The number of rotatable bonds is 5. The lowest BCUT2D eigenvalue weighted by molar-refractivity contribution is -0.136. The van der Waals surface area contributed by atoms with Gasteiger partial charge in [-0.25, -0.2) is 13.6 Å². The molecular formula is C18H25F2N3O2. The second-order valence-electron chi connectivity index (χ2n) is 6.34. The Kier molecular flexibility index (Phi) is 6.73. The van der Waals surface area contributed by atoms with Crippen LogP contribution in [0.4, 0.5) is 19.3 Å². The van der Waals surface area contributed by atoms with Crippen molar-refractivity contribution in [3.63, 3.8) is 0 Å². The zero-order chi connectivity index (χ0) is 18.4. The van der Waals surface area contributed by atoms with E-state index in [-0.39, 0.29) is 23.6 Å². The fourth-order valence-corrected chi connectivity index (χ4v) is 3.08. The average molecular weight is 353 g/mol. The van der Waals surface area contributed by atoms with Crippen molar-refractivity contribution in [1.29, 1.82) is 0 Å². The number of likely N-dealkylation sites (tertiary alicyclic amines) is 1. The van der Waals surface area contributed by atoms with Crippen LogP contribution in [0.5, 0.6) is 0 Å². The largest absolute Gasteiger partial charge is 0.342 e. The van der Waals surface area contributed by atoms with E-state index in [0.29, 0.717) is 25.9 Å². The van der Waals surface area contributed by atoms with Crippen molar-refractivity contribution in [1.82, 2.24) is 10.2 Å². The summed E-state index contributed by atoms with van der Waals surface area (Å²) in [6, 6.07) is 2.22. The van der Waals surface area contributed by atoms with Crippen molar-refractivity contribution in [2.45, 2.75) is 45.6 Å². The maximum Gasteiger partial charge on any atom is 0.319 e. The number of nitrogens with zero attached hydrogens (tertiary/aromatic N) is 1. The molecule has 0 bridgehead atoms. The van der Waals surface area contributed by atoms with E-state index in [9.17, 15) is 18.4 Å². The van der Waals surface area contributed by atoms with Gasteiger partial charge in [0.25, 0.3) is 0 Å². The molecule has 1 aliphatic rings. The van der Waals surface area contributed by atoms with Crippen LogP contribution in [-0.2, 0) is 4.79 Å². The molecule has 2 rings (SSSR count). The van der Waals surface area contributed by atoms with Gasteiger partial charge in [-0.15, -0.1) is 0 Å². The minimum absolute atomic E-state index is 0.0590. The molecule has 0 atom stereocenters. The van der Waals surface area contributed by atoms with Crippen LogP contribution in [0.3, 0.4) is 0 Å². The maximum atomic E-state index is 13.5. The molecule has 1 aliphatic heterocycles. The molecule has 1 aromatic carbocycles. The van der Waals surface area contributed by atoms with Crippen molar-refractivity contribution in [2.24, 2.45) is 5.92 Å². The van der Waals surface area contributed by atoms with Crippen LogP contribution in [0.15, 0.2) is 18.2 Å². The Bertz CT molecular complexity index is 612. The van der Waals surface area contributed by atoms with Gasteiger partial charge in [-0.1, -0.05) is 13.8 Å². The van der Waals surface area contributed by atoms with Crippen LogP contribution >= 0.6 is 0 Å². The van der Waals surface area contributed by atoms with Crippen LogP contribution in [0.25, 0.3) is 0 Å². The van der Waals surface area contributed by atoms with E-state index in [0.717, 1.165) is 31.0 Å². The van der Waals surface area contributed by atoms with Crippen LogP contribution in [-0.4, -0.2) is 36.0 Å². The van der Waals surface area contributed by atoms with Crippen LogP contribution in [0, 0.1) is 17.6 Å². The molecule has 0 aliphatic carbocycles. The number of amides is 3. The highest BCUT2D eigenvalue weighted by molar-refractivity contribution is 5.89. The van der Waals surface area contributed by atoms with Crippen molar-refractivity contribution < 1.29 is 18.4 Å². The molecule has 0 spiro atoms. The SMILES string of the molecule is CCC(CC)C(=O)N1CCC(NC(=O)Nc2cc(F)ccc2F)CC1. The predicted molar refractivity (Wildman–Crippen MR) is 92.2 cm³/mol. The fourth-order valence-electron chi connectivity index (χ4n) is 3.08. The van der Waals surface area contributed by atoms with Crippen LogP contribution in [0.2, 0.25) is 0 Å². The molecule has 0 unspecified atom stereocenters. The van der Waals surface area contributed by atoms with Crippen LogP contribution < -0.4 is 10.6 Å². The summed E-state index contributed by atoms with van der Waals surface area (Å²) in [4.78, 5) is 26.2. The number of urea groups is 1. The second kappa shape index (κ2) is 8.78. The Morgan fingerprint density at radius 3 is 2.44 bits per heavy atom. The first-order chi connectivity index (χ1) is 11.9. The van der Waals surface area contributed by atoms with Crippen molar-refractivity contribution in [2.75, 3.05) is 18.4 Å². The molecule has 1 aromatic rings. The summed E-state index contributed by atoms with van der Waals surface area (Å²) >= 11 is 0. The molecule has 0 aromatic heterocycles. The molecule has 5 nitrogen and oxygen atoms in total. The molecule has 0 saturated carbocycles. The third kappa shape index (κ3) is 5.14. The second-order valence-corrected chi connectivity index (χ2v) is 6.34. The summed E-state index contributed by atoms with van der Waals surface area (Å²) in [7, 11) is 0. The number of nitrogens with one attached hydrogen (secondary N) is 2. The Balaban J connectivity index is 1.82. The molecule has 7 heteroatoms. The fraction of sp³-hybridized carbons (Fsp3) is 0.556. The number of carbonyl (C=O) groups is 2. The van der Waals surface area contributed by atoms with Gasteiger partial charge in [0.15, 0.2) is 0 Å². The van der Waals surface area contributed by atoms with Gasteiger partial charge in [-0.3, -0.25) is 4.79 Å². The third-order valence-electron chi connectivity index (χ3n) is 4.65. The van der Waals surface area contributed by atoms with Crippen molar-refractivity contribution in [3.8, 4) is 0 Å². The van der Waals surface area contributed by atoms with Gasteiger partial charge in [0.05, 0.1) is 5.69 Å². The molecular weight excluding hydrogens is 328 g/mol. The van der Waals surface area contributed by atoms with Gasteiger partial charge in [-0.2, -0.15) is 0 Å². The summed E-state index contributed by atoms with van der Waals surface area (Å²) in [5.74, 6) is -1.08. The van der Waals surface area contributed by atoms with Gasteiger partial charge >= 0.3 is 6.03 Å². The average Bonchev–Trinajstić information content (AvgIpc) is 2.59. The van der Waals surface area contributed by atoms with E-state index in [1.165, 1.54) is 0 Å². The number of benzene rings is 1. The van der Waals surface area contributed by atoms with E-state index in [1.54, 1.807) is 0 Å². The molecule has 138 valence electrons. The number of hydrogen-bond acceptors (Lipinski definition) is 2. The van der Waals surface area contributed by atoms with E-state index in [4.69, 9.17) is 0 Å². The predicted octanol–water partition coefficient (Wildman–Crippen LogP) is 3.51. The number of carbonyl (C=O) groups excluding carboxylic acids is 2. The highest BCUT2D eigenvalue weighted by Gasteiger charge is 2.27. The molecule has 3 amide bonds. The first kappa shape index (κ1) is 19.1. The first-order valence-electron chi connectivity index (χ1n) is 8.75. The minimum Gasteiger partial charge on any atom is -0.342 e. The minimum atomic E-state index is -0.692. The smallest absolute Gasteiger partial charge is 0.319 e. The quantitative estimate of drug-likeness (QED) is 0.851. The molecule has 25 heavy (non-hydrogen) atoms. The number of piperidine rings is 1. The van der Waals surface area contributed by atoms with E-state index in [1.807, 2.05) is 18.7 Å². The molecule has 2 N–H and O–H groups in total. The summed E-state index contributed by atoms with van der Waals surface area (Å²) in [5.41, 5.74) is -0.196. The lowest BCUT2D eigenvalue weighted by atomic mass is 9.98. The number of hydrogen-bond donors (Lipinski definition) is 2. The number of anilines is 1. The molecule has 1 heterocycles. The maximum absolute atomic E-state index is 13.5. The first-order valence-corrected chi connectivity index (χ1v) is 8.75. The standard InChI is InChI=1S/C18H25F2N3O2/c1-3-12(4-2)17(24)23-9-7-14(8-10-23)21-18(25)22-16-11-13(19)5-6-15(16)20/h5-6,11-12,14H,3-4,7-10H2,1-2H3,(H2,21,22,25). The summed E-state index contributed by atoms with van der Waals surface area (Å²) in [6.07, 6.45) is 2.94. The highest BCUT2D eigenvalue weighted by atomic mass is 19.1. The van der Waals surface area contributed by atoms with Crippen molar-refractivity contribution >= 4 is 17.6 Å². The zero-order valence-corrected chi connectivity index (χ0v) is 14.6. The van der Waals surface area contributed by atoms with Gasteiger partial charge in [0.2, 0.25) is 5.91 Å².